The van der Waals surface area contributed by atoms with Crippen LogP contribution in [0.4, 0.5) is 0 Å². The summed E-state index contributed by atoms with van der Waals surface area (Å²) < 4.78 is 1.21. The molecule has 0 saturated carbocycles. The summed E-state index contributed by atoms with van der Waals surface area (Å²) in [4.78, 5) is 0. The van der Waals surface area contributed by atoms with E-state index in [-0.39, 0.29) is 0 Å². The Balaban J connectivity index is 3.07. The van der Waals surface area contributed by atoms with E-state index in [0.717, 1.165) is 10.4 Å². The summed E-state index contributed by atoms with van der Waals surface area (Å²) in [6, 6.07) is 5.89. The van der Waals surface area contributed by atoms with Crippen molar-refractivity contribution in [3.63, 3.8) is 0 Å². The predicted octanol–water partition coefficient (Wildman–Crippen LogP) is 3.84. The van der Waals surface area contributed by atoms with Gasteiger partial charge in [-0.05, 0) is 40.3 Å². The van der Waals surface area contributed by atoms with Gasteiger partial charge in [-0.2, -0.15) is 0 Å². The van der Waals surface area contributed by atoms with Crippen LogP contribution in [-0.4, -0.2) is 0 Å². The zero-order valence-electron chi connectivity index (χ0n) is 5.07. The fraction of sp³-hybridized carbons (Fsp3) is 0.143. The zero-order valence-corrected chi connectivity index (χ0v) is 9.57. The first-order chi connectivity index (χ1) is 4.74. The monoisotopic (exact) mass is 330 g/mol. The molecule has 0 aliphatic rings. The molecule has 3 heteroatoms. The fourth-order valence-corrected chi connectivity index (χ4v) is 2.71. The molecule has 0 aromatic heterocycles. The Morgan fingerprint density at radius 1 is 1.50 bits per heavy atom. The standard InChI is InChI=1S/C7H5BrClI/c8-4-5-1-2-6(9)3-7(5)10/h1-3H,4H2. The molecule has 0 bridgehead atoms. The lowest BCUT2D eigenvalue weighted by Crippen LogP contribution is -1.81. The SMILES string of the molecule is Clc1ccc(CBr)c(I)c1. The summed E-state index contributed by atoms with van der Waals surface area (Å²) in [5.41, 5.74) is 1.28. The third-order valence-electron chi connectivity index (χ3n) is 1.16. The van der Waals surface area contributed by atoms with Gasteiger partial charge in [-0.25, -0.2) is 0 Å². The van der Waals surface area contributed by atoms with Crippen LogP contribution in [0.5, 0.6) is 0 Å². The molecule has 0 heterocycles. The van der Waals surface area contributed by atoms with Crippen molar-refractivity contribution >= 4 is 50.1 Å². The van der Waals surface area contributed by atoms with Crippen molar-refractivity contribution in [2.24, 2.45) is 0 Å². The Morgan fingerprint density at radius 3 is 2.70 bits per heavy atom. The van der Waals surface area contributed by atoms with Gasteiger partial charge in [0.2, 0.25) is 0 Å². The second-order valence-electron chi connectivity index (χ2n) is 1.87. The lowest BCUT2D eigenvalue weighted by Gasteiger charge is -1.98. The molecule has 0 atom stereocenters. The lowest BCUT2D eigenvalue weighted by atomic mass is 10.2. The maximum atomic E-state index is 5.75. The van der Waals surface area contributed by atoms with Crippen LogP contribution >= 0.6 is 50.1 Å². The van der Waals surface area contributed by atoms with E-state index in [2.05, 4.69) is 38.5 Å². The number of hydrogen-bond acceptors (Lipinski definition) is 0. The van der Waals surface area contributed by atoms with Crippen molar-refractivity contribution in [2.75, 3.05) is 0 Å². The summed E-state index contributed by atoms with van der Waals surface area (Å²) in [6.07, 6.45) is 0. The third-order valence-corrected chi connectivity index (χ3v) is 3.00. The van der Waals surface area contributed by atoms with E-state index in [4.69, 9.17) is 11.6 Å². The van der Waals surface area contributed by atoms with Crippen molar-refractivity contribution in [3.8, 4) is 0 Å². The first kappa shape index (κ1) is 8.81. The molecule has 0 spiro atoms. The molecule has 0 aliphatic carbocycles. The maximum absolute atomic E-state index is 5.75. The summed E-state index contributed by atoms with van der Waals surface area (Å²) >= 11 is 11.4. The predicted molar refractivity (Wildman–Crippen MR) is 56.8 cm³/mol. The van der Waals surface area contributed by atoms with Gasteiger partial charge < -0.3 is 0 Å². The van der Waals surface area contributed by atoms with Gasteiger partial charge in [0.05, 0.1) is 0 Å². The van der Waals surface area contributed by atoms with Crippen LogP contribution in [0.2, 0.25) is 5.02 Å². The molecular weight excluding hydrogens is 326 g/mol. The molecule has 0 saturated heterocycles. The Bertz CT molecular complexity index is 237. The van der Waals surface area contributed by atoms with E-state index in [1.807, 2.05) is 18.2 Å². The van der Waals surface area contributed by atoms with E-state index in [0.29, 0.717) is 0 Å². The van der Waals surface area contributed by atoms with E-state index < -0.39 is 0 Å². The molecule has 0 N–H and O–H groups in total. The highest BCUT2D eigenvalue weighted by Crippen LogP contribution is 2.19. The molecule has 1 aromatic carbocycles. The van der Waals surface area contributed by atoms with Crippen molar-refractivity contribution in [3.05, 3.63) is 32.4 Å². The summed E-state index contributed by atoms with van der Waals surface area (Å²) in [7, 11) is 0. The average molecular weight is 331 g/mol. The molecule has 0 amide bonds. The maximum Gasteiger partial charge on any atom is 0.0416 e. The second-order valence-corrected chi connectivity index (χ2v) is 4.03. The van der Waals surface area contributed by atoms with Crippen molar-refractivity contribution in [1.82, 2.24) is 0 Å². The number of halogens is 3. The molecule has 0 unspecified atom stereocenters. The highest BCUT2D eigenvalue weighted by molar-refractivity contribution is 14.1. The smallest absolute Gasteiger partial charge is 0.0416 e. The van der Waals surface area contributed by atoms with Gasteiger partial charge in [-0.3, -0.25) is 0 Å². The zero-order chi connectivity index (χ0) is 7.56. The van der Waals surface area contributed by atoms with Crippen LogP contribution < -0.4 is 0 Å². The highest BCUT2D eigenvalue weighted by Gasteiger charge is 1.96. The van der Waals surface area contributed by atoms with Gasteiger partial charge in [-0.15, -0.1) is 0 Å². The van der Waals surface area contributed by atoms with Crippen molar-refractivity contribution < 1.29 is 0 Å². The molecule has 0 aliphatic heterocycles. The first-order valence-electron chi connectivity index (χ1n) is 2.74. The van der Waals surface area contributed by atoms with Crippen LogP contribution in [-0.2, 0) is 5.33 Å². The van der Waals surface area contributed by atoms with Gasteiger partial charge in [0.15, 0.2) is 0 Å². The van der Waals surface area contributed by atoms with Gasteiger partial charge in [0, 0.05) is 13.9 Å². The molecule has 10 heavy (non-hydrogen) atoms. The molecule has 0 radical (unpaired) electrons. The number of hydrogen-bond donors (Lipinski definition) is 0. The summed E-state index contributed by atoms with van der Waals surface area (Å²) in [5.74, 6) is 0. The Hall–Kier alpha value is 0.720. The van der Waals surface area contributed by atoms with Gasteiger partial charge in [-0.1, -0.05) is 33.6 Å². The fourth-order valence-electron chi connectivity index (χ4n) is 0.630. The Kier molecular flexibility index (Phi) is 3.46. The van der Waals surface area contributed by atoms with Crippen LogP contribution in [0.1, 0.15) is 5.56 Å². The lowest BCUT2D eigenvalue weighted by molar-refractivity contribution is 1.40. The minimum Gasteiger partial charge on any atom is -0.0876 e. The van der Waals surface area contributed by atoms with E-state index >= 15 is 0 Å². The van der Waals surface area contributed by atoms with Gasteiger partial charge in [0.25, 0.3) is 0 Å². The topological polar surface area (TPSA) is 0 Å². The quantitative estimate of drug-likeness (QED) is 0.542. The minimum absolute atomic E-state index is 0.800. The van der Waals surface area contributed by atoms with Gasteiger partial charge >= 0.3 is 0 Å². The van der Waals surface area contributed by atoms with E-state index in [1.165, 1.54) is 9.13 Å². The van der Waals surface area contributed by atoms with E-state index in [9.17, 15) is 0 Å². The first-order valence-corrected chi connectivity index (χ1v) is 5.31. The molecular formula is C7H5BrClI. The van der Waals surface area contributed by atoms with Crippen LogP contribution in [0.15, 0.2) is 18.2 Å². The molecule has 1 aromatic rings. The highest BCUT2D eigenvalue weighted by atomic mass is 127. The van der Waals surface area contributed by atoms with Crippen LogP contribution in [0.3, 0.4) is 0 Å². The van der Waals surface area contributed by atoms with Crippen LogP contribution in [0.25, 0.3) is 0 Å². The van der Waals surface area contributed by atoms with Crippen LogP contribution in [0, 0.1) is 3.57 Å². The second kappa shape index (κ2) is 3.93. The third kappa shape index (κ3) is 2.10. The number of alkyl halides is 1. The number of benzene rings is 1. The Labute approximate surface area is 87.2 Å². The largest absolute Gasteiger partial charge is 0.0876 e. The average Bonchev–Trinajstić information content (AvgIpc) is 1.88. The normalized spacial score (nSPS) is 9.90. The Morgan fingerprint density at radius 2 is 2.20 bits per heavy atom. The molecule has 0 fully saturated rings. The summed E-state index contributed by atoms with van der Waals surface area (Å²) in [5, 5.41) is 1.69. The number of rotatable bonds is 1. The molecule has 1 rings (SSSR count). The molecule has 0 nitrogen and oxygen atoms in total. The van der Waals surface area contributed by atoms with Gasteiger partial charge in [0.1, 0.15) is 0 Å². The van der Waals surface area contributed by atoms with Crippen molar-refractivity contribution in [2.45, 2.75) is 5.33 Å². The van der Waals surface area contributed by atoms with E-state index in [1.54, 1.807) is 0 Å². The summed E-state index contributed by atoms with van der Waals surface area (Å²) in [6.45, 7) is 0. The minimum atomic E-state index is 0.800. The van der Waals surface area contributed by atoms with Crippen molar-refractivity contribution in [1.29, 1.82) is 0 Å². The molecule has 54 valence electrons.